The number of hydrogen-bond donors (Lipinski definition) is 2. The molecule has 8 rings (SSSR count). The number of carbonyl (C=O) groups is 4. The third kappa shape index (κ3) is 7.73. The van der Waals surface area contributed by atoms with E-state index in [1.54, 1.807) is 0 Å². The Morgan fingerprint density at radius 3 is 2.07 bits per heavy atom. The predicted octanol–water partition coefficient (Wildman–Crippen LogP) is 8.72. The summed E-state index contributed by atoms with van der Waals surface area (Å²) in [6, 6.07) is 16.9. The lowest BCUT2D eigenvalue weighted by atomic mass is 9.74. The molecule has 2 bridgehead atoms. The fraction of sp³-hybridized carbons (Fsp3) is 0.521. The molecule has 11 heteroatoms. The molecule has 0 aromatic heterocycles. The Kier molecular flexibility index (Phi) is 11.6. The Morgan fingerprint density at radius 1 is 0.763 bits per heavy atom. The van der Waals surface area contributed by atoms with Crippen molar-refractivity contribution in [1.82, 2.24) is 20.7 Å². The highest BCUT2D eigenvalue weighted by Gasteiger charge is 2.54. The van der Waals surface area contributed by atoms with Crippen LogP contribution in [0, 0.1) is 29.6 Å². The van der Waals surface area contributed by atoms with Crippen LogP contribution in [0.2, 0.25) is 0 Å². The number of ether oxygens (including phenoxy) is 2. The van der Waals surface area contributed by atoms with Crippen LogP contribution in [-0.4, -0.2) is 78.5 Å². The van der Waals surface area contributed by atoms with Gasteiger partial charge in [-0.1, -0.05) is 62.4 Å². The van der Waals surface area contributed by atoms with Gasteiger partial charge < -0.3 is 19.7 Å². The first-order valence-corrected chi connectivity index (χ1v) is 21.7. The maximum absolute atomic E-state index is 14.0. The number of fused-ring (bicyclic) bond motifs is 3. The number of nitrogens with one attached hydrogen (secondary N) is 2. The van der Waals surface area contributed by atoms with Gasteiger partial charge in [-0.2, -0.15) is 0 Å². The lowest BCUT2D eigenvalue weighted by Crippen LogP contribution is -2.54. The Morgan fingerprint density at radius 2 is 1.41 bits per heavy atom. The van der Waals surface area contributed by atoms with Gasteiger partial charge in [-0.15, -0.1) is 0 Å². The molecular weight excluding hydrogens is 743 g/mol. The van der Waals surface area contributed by atoms with Crippen LogP contribution in [0.25, 0.3) is 22.3 Å². The third-order valence-corrected chi connectivity index (χ3v) is 14.0. The number of carbonyl (C=O) groups excluding carboxylic acids is 4. The molecule has 2 aromatic rings. The highest BCUT2D eigenvalue weighted by atomic mass is 16.5. The minimum Gasteiger partial charge on any atom is -0.453 e. The lowest BCUT2D eigenvalue weighted by Gasteiger charge is -2.36. The maximum Gasteiger partial charge on any atom is 0.425 e. The van der Waals surface area contributed by atoms with Crippen LogP contribution in [0.5, 0.6) is 0 Å². The fourth-order valence-corrected chi connectivity index (χ4v) is 11.1. The van der Waals surface area contributed by atoms with E-state index in [1.165, 1.54) is 47.1 Å². The molecule has 2 aliphatic heterocycles. The van der Waals surface area contributed by atoms with Gasteiger partial charge >= 0.3 is 12.2 Å². The van der Waals surface area contributed by atoms with E-state index < -0.39 is 18.2 Å². The molecule has 2 aromatic carbocycles. The summed E-state index contributed by atoms with van der Waals surface area (Å²) in [5.74, 6) is 0.486. The smallest absolute Gasteiger partial charge is 0.425 e. The largest absolute Gasteiger partial charge is 0.453 e. The second kappa shape index (κ2) is 16.8. The molecule has 3 unspecified atom stereocenters. The molecule has 2 N–H and O–H groups in total. The van der Waals surface area contributed by atoms with Gasteiger partial charge in [0.05, 0.1) is 26.2 Å². The molecule has 6 atom stereocenters. The van der Waals surface area contributed by atoms with E-state index >= 15 is 0 Å². The number of hydrazine groups is 1. The predicted molar refractivity (Wildman–Crippen MR) is 229 cm³/mol. The summed E-state index contributed by atoms with van der Waals surface area (Å²) in [5, 5.41) is 4.25. The van der Waals surface area contributed by atoms with Gasteiger partial charge in [0, 0.05) is 36.8 Å². The molecule has 11 nitrogen and oxygen atoms in total. The number of methoxy groups -OCH3 is 2. The zero-order valence-corrected chi connectivity index (χ0v) is 35.4. The van der Waals surface area contributed by atoms with Crippen LogP contribution < -0.4 is 10.7 Å². The molecule has 0 radical (unpaired) electrons. The zero-order chi connectivity index (χ0) is 41.5. The first-order valence-electron chi connectivity index (χ1n) is 21.7. The molecule has 312 valence electrons. The van der Waals surface area contributed by atoms with Crippen molar-refractivity contribution in [3.63, 3.8) is 0 Å². The Hall–Kier alpha value is -5.19. The van der Waals surface area contributed by atoms with E-state index in [-0.39, 0.29) is 41.7 Å². The zero-order valence-electron chi connectivity index (χ0n) is 35.4. The Balaban J connectivity index is 0.923. The van der Waals surface area contributed by atoms with Crippen molar-refractivity contribution in [2.45, 2.75) is 110 Å². The quantitative estimate of drug-likeness (QED) is 0.231. The highest BCUT2D eigenvalue weighted by molar-refractivity contribution is 6.02. The topological polar surface area (TPSA) is 130 Å². The normalized spacial score (nSPS) is 25.1. The highest BCUT2D eigenvalue weighted by Crippen LogP contribution is 2.55. The molecule has 6 aliphatic rings. The van der Waals surface area contributed by atoms with Crippen LogP contribution in [0.1, 0.15) is 103 Å². The van der Waals surface area contributed by atoms with Crippen LogP contribution in [0.15, 0.2) is 76.4 Å². The van der Waals surface area contributed by atoms with E-state index in [2.05, 4.69) is 59.3 Å². The van der Waals surface area contributed by atoms with Crippen molar-refractivity contribution in [3.05, 3.63) is 82.6 Å². The number of nitrogens with zero attached hydrogens (tertiary/aromatic N) is 3. The summed E-state index contributed by atoms with van der Waals surface area (Å²) in [6.07, 6.45) is 10.7. The average Bonchev–Trinajstić information content (AvgIpc) is 4.11. The number of amides is 4. The van der Waals surface area contributed by atoms with Crippen LogP contribution in [0.3, 0.4) is 0 Å². The van der Waals surface area contributed by atoms with Gasteiger partial charge in [0.25, 0.3) is 0 Å². The molecule has 2 heterocycles. The monoisotopic (exact) mass is 801 g/mol. The van der Waals surface area contributed by atoms with E-state index in [0.717, 1.165) is 92.2 Å². The number of benzene rings is 2. The Bertz CT molecular complexity index is 2110. The van der Waals surface area contributed by atoms with Gasteiger partial charge in [-0.3, -0.25) is 14.6 Å². The molecule has 59 heavy (non-hydrogen) atoms. The van der Waals surface area contributed by atoms with Gasteiger partial charge in [-0.05, 0) is 140 Å². The first-order chi connectivity index (χ1) is 28.5. The van der Waals surface area contributed by atoms with E-state index in [9.17, 15) is 19.2 Å². The van der Waals surface area contributed by atoms with Crippen molar-refractivity contribution in [2.75, 3.05) is 20.8 Å². The van der Waals surface area contributed by atoms with Crippen LogP contribution in [-0.2, 0) is 19.1 Å². The average molecular weight is 802 g/mol. The summed E-state index contributed by atoms with van der Waals surface area (Å²) >= 11 is 0. The number of allylic oxidation sites excluding steroid dienone is 4. The standard InChI is InChI=1S/C48H59N5O6/c1-27(2)44(50-47(56)58-5)46(55)52-22-8-11-41(52)39-25-38(36-9-7-10-37(36)39)32-18-16-30(17-19-32)29-12-14-31(15-13-29)35-24-40(49-26-35)42-33-20-21-34(23-33)43(42)45(54)53(28(3)4)51-48(57)59-6/h12-19,26-28,33-34,41-44H,7-11,20-25H2,1-6H3,(H,50,56)(H,51,57)/t33?,34?,41-,42?,43-,44-/m0/s1. The Labute approximate surface area is 348 Å². The van der Waals surface area contributed by atoms with Crippen molar-refractivity contribution in [2.24, 2.45) is 34.6 Å². The summed E-state index contributed by atoms with van der Waals surface area (Å²) < 4.78 is 9.67. The minimum atomic E-state index is -0.635. The van der Waals surface area contributed by atoms with E-state index in [4.69, 9.17) is 14.5 Å². The van der Waals surface area contributed by atoms with Gasteiger partial charge in [0.2, 0.25) is 11.8 Å². The van der Waals surface area contributed by atoms with Crippen molar-refractivity contribution < 1.29 is 28.7 Å². The first kappa shape index (κ1) is 40.6. The molecule has 0 spiro atoms. The number of alkyl carbamates (subject to hydrolysis) is 1. The van der Waals surface area contributed by atoms with Crippen molar-refractivity contribution >= 4 is 40.9 Å². The maximum atomic E-state index is 14.0. The summed E-state index contributed by atoms with van der Waals surface area (Å²) in [7, 11) is 2.64. The number of likely N-dealkylation sites (tertiary alicyclic amines) is 1. The second-order valence-electron chi connectivity index (χ2n) is 17.9. The summed E-state index contributed by atoms with van der Waals surface area (Å²) in [5.41, 5.74) is 15.3. The van der Waals surface area contributed by atoms with Gasteiger partial charge in [0.1, 0.15) is 6.04 Å². The number of hydrogen-bond acceptors (Lipinski definition) is 7. The van der Waals surface area contributed by atoms with Gasteiger partial charge in [0.15, 0.2) is 0 Å². The van der Waals surface area contributed by atoms with Crippen LogP contribution in [0.4, 0.5) is 9.59 Å². The fourth-order valence-electron chi connectivity index (χ4n) is 11.1. The lowest BCUT2D eigenvalue weighted by molar-refractivity contribution is -0.143. The molecule has 4 fully saturated rings. The van der Waals surface area contributed by atoms with E-state index in [0.29, 0.717) is 18.4 Å². The SMILES string of the molecule is COC(=O)N[C@H](C(=O)N1CCC[C@H]1C1=C2CCCC2=C(c2ccc(-c3ccc(C4=CN=C(C5C6CCC(C6)[C@@H]5C(=O)N(NC(=O)OC)C(C)C)C4)cc3)cc2)C1)C(C)C. The van der Waals surface area contributed by atoms with E-state index in [1.807, 2.05) is 38.8 Å². The molecule has 4 amide bonds. The minimum absolute atomic E-state index is 0.0210. The molecule has 3 saturated carbocycles. The molecule has 4 aliphatic carbocycles. The number of aliphatic imine (C=N–C) groups is 1. The second-order valence-corrected chi connectivity index (χ2v) is 17.9. The molecular formula is C48H59N5O6. The summed E-state index contributed by atoms with van der Waals surface area (Å²) in [6.45, 7) is 8.43. The van der Waals surface area contributed by atoms with Gasteiger partial charge in [-0.25, -0.2) is 20.0 Å². The molecule has 1 saturated heterocycles. The van der Waals surface area contributed by atoms with Crippen molar-refractivity contribution in [3.8, 4) is 11.1 Å². The number of rotatable bonds is 10. The van der Waals surface area contributed by atoms with Crippen LogP contribution >= 0.6 is 0 Å². The third-order valence-electron chi connectivity index (χ3n) is 14.0. The van der Waals surface area contributed by atoms with Crippen molar-refractivity contribution in [1.29, 1.82) is 0 Å². The summed E-state index contributed by atoms with van der Waals surface area (Å²) in [4.78, 5) is 59.1.